The van der Waals surface area contributed by atoms with E-state index in [2.05, 4.69) is 6.58 Å². The number of methoxy groups -OCH3 is 3. The van der Waals surface area contributed by atoms with Crippen molar-refractivity contribution in [2.75, 3.05) is 21.3 Å². The minimum absolute atomic E-state index is 0.0344. The zero-order valence-electron chi connectivity index (χ0n) is 11.4. The lowest BCUT2D eigenvalue weighted by atomic mass is 10.2. The van der Waals surface area contributed by atoms with Gasteiger partial charge in [-0.25, -0.2) is 0 Å². The van der Waals surface area contributed by atoms with Crippen LogP contribution in [0.1, 0.15) is 13.3 Å². The number of ether oxygens (including phenoxy) is 4. The molecule has 0 radical (unpaired) electrons. The molecule has 0 heterocycles. The van der Waals surface area contributed by atoms with Gasteiger partial charge in [0.1, 0.15) is 11.9 Å². The molecule has 4 nitrogen and oxygen atoms in total. The minimum atomic E-state index is -0.0344. The molecule has 0 spiro atoms. The Morgan fingerprint density at radius 3 is 2.00 bits per heavy atom. The van der Waals surface area contributed by atoms with Crippen molar-refractivity contribution in [3.05, 3.63) is 24.8 Å². The van der Waals surface area contributed by atoms with Gasteiger partial charge in [0.15, 0.2) is 11.5 Å². The summed E-state index contributed by atoms with van der Waals surface area (Å²) in [7, 11) is 4.72. The molecule has 1 rings (SSSR count). The average molecular weight is 252 g/mol. The van der Waals surface area contributed by atoms with Gasteiger partial charge in [-0.05, 0) is 6.42 Å². The Labute approximate surface area is 108 Å². The van der Waals surface area contributed by atoms with Gasteiger partial charge in [-0.2, -0.15) is 0 Å². The van der Waals surface area contributed by atoms with E-state index in [0.717, 1.165) is 6.42 Å². The Hall–Kier alpha value is -1.84. The van der Waals surface area contributed by atoms with E-state index in [-0.39, 0.29) is 6.10 Å². The van der Waals surface area contributed by atoms with Crippen LogP contribution < -0.4 is 18.9 Å². The first kappa shape index (κ1) is 14.2. The number of benzene rings is 1. The first-order valence-electron chi connectivity index (χ1n) is 5.79. The number of rotatable bonds is 7. The van der Waals surface area contributed by atoms with Crippen LogP contribution in [0.4, 0.5) is 0 Å². The smallest absolute Gasteiger partial charge is 0.203 e. The van der Waals surface area contributed by atoms with E-state index in [0.29, 0.717) is 23.0 Å². The lowest BCUT2D eigenvalue weighted by Gasteiger charge is -2.17. The molecule has 18 heavy (non-hydrogen) atoms. The highest BCUT2D eigenvalue weighted by Gasteiger charge is 2.15. The highest BCUT2D eigenvalue weighted by atomic mass is 16.5. The first-order valence-corrected chi connectivity index (χ1v) is 5.79. The molecule has 0 amide bonds. The maximum absolute atomic E-state index is 5.76. The maximum atomic E-state index is 5.76. The van der Waals surface area contributed by atoms with Crippen LogP contribution >= 0.6 is 0 Å². The Balaban J connectivity index is 3.10. The molecule has 0 aromatic heterocycles. The molecule has 0 bridgehead atoms. The van der Waals surface area contributed by atoms with E-state index in [1.165, 1.54) is 0 Å². The zero-order chi connectivity index (χ0) is 13.5. The predicted octanol–water partition coefficient (Wildman–Crippen LogP) is 3.06. The Kier molecular flexibility index (Phi) is 5.36. The van der Waals surface area contributed by atoms with Crippen LogP contribution in [0.25, 0.3) is 0 Å². The molecule has 0 aliphatic heterocycles. The van der Waals surface area contributed by atoms with Gasteiger partial charge >= 0.3 is 0 Å². The third-order valence-electron chi connectivity index (χ3n) is 2.59. The summed E-state index contributed by atoms with van der Waals surface area (Å²) in [6, 6.07) is 3.54. The summed E-state index contributed by atoms with van der Waals surface area (Å²) in [4.78, 5) is 0. The fourth-order valence-corrected chi connectivity index (χ4v) is 1.60. The predicted molar refractivity (Wildman–Crippen MR) is 71.0 cm³/mol. The Morgan fingerprint density at radius 2 is 1.67 bits per heavy atom. The molecule has 0 saturated carbocycles. The number of hydrogen-bond donors (Lipinski definition) is 0. The van der Waals surface area contributed by atoms with Crippen molar-refractivity contribution < 1.29 is 18.9 Å². The van der Waals surface area contributed by atoms with E-state index in [1.807, 2.05) is 6.92 Å². The molecule has 100 valence electrons. The summed E-state index contributed by atoms with van der Waals surface area (Å²) in [5.41, 5.74) is 0. The van der Waals surface area contributed by atoms with Crippen molar-refractivity contribution in [1.82, 2.24) is 0 Å². The molecule has 0 aliphatic rings. The zero-order valence-corrected chi connectivity index (χ0v) is 11.4. The summed E-state index contributed by atoms with van der Waals surface area (Å²) in [5.74, 6) is 2.37. The SMILES string of the molecule is C=CC(CC)Oc1cc(OC)c(OC)c(OC)c1. The second kappa shape index (κ2) is 6.79. The van der Waals surface area contributed by atoms with E-state index in [1.54, 1.807) is 39.5 Å². The van der Waals surface area contributed by atoms with Gasteiger partial charge in [-0.15, -0.1) is 0 Å². The van der Waals surface area contributed by atoms with Gasteiger partial charge in [0, 0.05) is 12.1 Å². The third kappa shape index (κ3) is 3.09. The summed E-state index contributed by atoms with van der Waals surface area (Å²) in [6.07, 6.45) is 2.58. The molecular weight excluding hydrogens is 232 g/mol. The van der Waals surface area contributed by atoms with Crippen LogP contribution in [0, 0.1) is 0 Å². The van der Waals surface area contributed by atoms with Gasteiger partial charge in [0.05, 0.1) is 21.3 Å². The lowest BCUT2D eigenvalue weighted by molar-refractivity contribution is 0.241. The van der Waals surface area contributed by atoms with Crippen LogP contribution in [-0.2, 0) is 0 Å². The minimum Gasteiger partial charge on any atom is -0.493 e. The monoisotopic (exact) mass is 252 g/mol. The summed E-state index contributed by atoms with van der Waals surface area (Å²) in [5, 5.41) is 0. The fourth-order valence-electron chi connectivity index (χ4n) is 1.60. The third-order valence-corrected chi connectivity index (χ3v) is 2.59. The molecular formula is C14H20O4. The normalized spacial score (nSPS) is 11.6. The van der Waals surface area contributed by atoms with E-state index in [4.69, 9.17) is 18.9 Å². The van der Waals surface area contributed by atoms with Gasteiger partial charge < -0.3 is 18.9 Å². The average Bonchev–Trinajstić information content (AvgIpc) is 2.43. The van der Waals surface area contributed by atoms with Crippen LogP contribution in [0.5, 0.6) is 23.0 Å². The standard InChI is InChI=1S/C14H20O4/c1-6-10(7-2)18-11-8-12(15-3)14(17-5)13(9-11)16-4/h6,8-10H,1,7H2,2-5H3. The van der Waals surface area contributed by atoms with Crippen molar-refractivity contribution in [3.8, 4) is 23.0 Å². The molecule has 0 N–H and O–H groups in total. The van der Waals surface area contributed by atoms with Crippen molar-refractivity contribution in [1.29, 1.82) is 0 Å². The molecule has 0 fully saturated rings. The van der Waals surface area contributed by atoms with Crippen LogP contribution in [0.3, 0.4) is 0 Å². The topological polar surface area (TPSA) is 36.9 Å². The molecule has 1 aromatic carbocycles. The molecule has 1 aromatic rings. The van der Waals surface area contributed by atoms with Crippen molar-refractivity contribution in [2.45, 2.75) is 19.4 Å². The second-order valence-corrected chi connectivity index (χ2v) is 3.66. The summed E-state index contributed by atoms with van der Waals surface area (Å²) in [6.45, 7) is 5.77. The molecule has 0 aliphatic carbocycles. The summed E-state index contributed by atoms with van der Waals surface area (Å²) < 4.78 is 21.5. The first-order chi connectivity index (χ1) is 8.69. The molecule has 4 heteroatoms. The molecule has 1 unspecified atom stereocenters. The van der Waals surface area contributed by atoms with Gasteiger partial charge in [-0.3, -0.25) is 0 Å². The van der Waals surface area contributed by atoms with Gasteiger partial charge in [0.25, 0.3) is 0 Å². The second-order valence-electron chi connectivity index (χ2n) is 3.66. The Morgan fingerprint density at radius 1 is 1.11 bits per heavy atom. The quantitative estimate of drug-likeness (QED) is 0.699. The summed E-state index contributed by atoms with van der Waals surface area (Å²) >= 11 is 0. The number of hydrogen-bond acceptors (Lipinski definition) is 4. The fraction of sp³-hybridized carbons (Fsp3) is 0.429. The molecule has 1 atom stereocenters. The van der Waals surface area contributed by atoms with E-state index >= 15 is 0 Å². The van der Waals surface area contributed by atoms with Gasteiger partial charge in [0.2, 0.25) is 5.75 Å². The van der Waals surface area contributed by atoms with Crippen LogP contribution in [0.15, 0.2) is 24.8 Å². The largest absolute Gasteiger partial charge is 0.493 e. The highest BCUT2D eigenvalue weighted by Crippen LogP contribution is 2.41. The van der Waals surface area contributed by atoms with E-state index < -0.39 is 0 Å². The maximum Gasteiger partial charge on any atom is 0.203 e. The van der Waals surface area contributed by atoms with Crippen molar-refractivity contribution in [3.63, 3.8) is 0 Å². The van der Waals surface area contributed by atoms with Crippen LogP contribution in [0.2, 0.25) is 0 Å². The van der Waals surface area contributed by atoms with Crippen LogP contribution in [-0.4, -0.2) is 27.4 Å². The van der Waals surface area contributed by atoms with Crippen molar-refractivity contribution in [2.24, 2.45) is 0 Å². The van der Waals surface area contributed by atoms with Gasteiger partial charge in [-0.1, -0.05) is 19.6 Å². The highest BCUT2D eigenvalue weighted by molar-refractivity contribution is 5.55. The van der Waals surface area contributed by atoms with Crippen molar-refractivity contribution >= 4 is 0 Å². The lowest BCUT2D eigenvalue weighted by Crippen LogP contribution is -2.11. The Bertz CT molecular complexity index is 376. The van der Waals surface area contributed by atoms with E-state index in [9.17, 15) is 0 Å². The molecule has 0 saturated heterocycles.